The first-order chi connectivity index (χ1) is 11.2. The first-order valence-corrected chi connectivity index (χ1v) is 7.47. The van der Waals surface area contributed by atoms with Crippen molar-refractivity contribution in [3.63, 3.8) is 0 Å². The van der Waals surface area contributed by atoms with E-state index >= 15 is 0 Å². The molecule has 0 radical (unpaired) electrons. The molecule has 0 fully saturated rings. The lowest BCUT2D eigenvalue weighted by molar-refractivity contribution is -0.137. The predicted molar refractivity (Wildman–Crippen MR) is 87.4 cm³/mol. The Kier molecular flexibility index (Phi) is 7.34. The van der Waals surface area contributed by atoms with E-state index in [-0.39, 0.29) is 18.0 Å². The zero-order valence-corrected chi connectivity index (χ0v) is 14.3. The van der Waals surface area contributed by atoms with Gasteiger partial charge >= 0.3 is 6.18 Å². The third kappa shape index (κ3) is 7.08. The van der Waals surface area contributed by atoms with Crippen molar-refractivity contribution in [1.29, 1.82) is 0 Å². The van der Waals surface area contributed by atoms with Crippen molar-refractivity contribution in [3.05, 3.63) is 29.8 Å². The Hall–Kier alpha value is -1.96. The molecule has 0 amide bonds. The summed E-state index contributed by atoms with van der Waals surface area (Å²) >= 11 is 0. The third-order valence-corrected chi connectivity index (χ3v) is 3.28. The van der Waals surface area contributed by atoms with Crippen LogP contribution in [0, 0.1) is 0 Å². The molecule has 0 heterocycles. The molecule has 0 aliphatic carbocycles. The van der Waals surface area contributed by atoms with Crippen LogP contribution in [0.2, 0.25) is 0 Å². The third-order valence-electron chi connectivity index (χ3n) is 3.28. The van der Waals surface area contributed by atoms with Crippen LogP contribution in [0.1, 0.15) is 19.4 Å². The molecule has 5 nitrogen and oxygen atoms in total. The summed E-state index contributed by atoms with van der Waals surface area (Å²) < 4.78 is 48.5. The highest BCUT2D eigenvalue weighted by molar-refractivity contribution is 5.79. The summed E-state index contributed by atoms with van der Waals surface area (Å²) in [6.07, 6.45) is -4.38. The number of methoxy groups -OCH3 is 1. The maximum atomic E-state index is 12.6. The second-order valence-electron chi connectivity index (χ2n) is 5.69. The fraction of sp³-hybridized carbons (Fsp3) is 0.562. The maximum absolute atomic E-state index is 12.6. The Morgan fingerprint density at radius 3 is 2.50 bits per heavy atom. The monoisotopic (exact) mass is 347 g/mol. The summed E-state index contributed by atoms with van der Waals surface area (Å²) in [5, 5.41) is 6.12. The average molecular weight is 347 g/mol. The van der Waals surface area contributed by atoms with Crippen LogP contribution < -0.4 is 15.4 Å². The lowest BCUT2D eigenvalue weighted by Crippen LogP contribution is -2.46. The van der Waals surface area contributed by atoms with Crippen molar-refractivity contribution in [1.82, 2.24) is 10.6 Å². The summed E-state index contributed by atoms with van der Waals surface area (Å²) in [4.78, 5) is 4.05. The molecule has 0 saturated carbocycles. The van der Waals surface area contributed by atoms with Crippen LogP contribution in [0.5, 0.6) is 5.75 Å². The summed E-state index contributed by atoms with van der Waals surface area (Å²) in [6.45, 7) is 5.02. The van der Waals surface area contributed by atoms with Gasteiger partial charge in [0.1, 0.15) is 12.4 Å². The van der Waals surface area contributed by atoms with Crippen molar-refractivity contribution >= 4 is 5.96 Å². The van der Waals surface area contributed by atoms with Crippen LogP contribution >= 0.6 is 0 Å². The molecule has 0 aliphatic rings. The number of nitrogens with zero attached hydrogens (tertiary/aromatic N) is 1. The van der Waals surface area contributed by atoms with Crippen LogP contribution in [0.4, 0.5) is 13.2 Å². The van der Waals surface area contributed by atoms with Crippen molar-refractivity contribution in [2.24, 2.45) is 4.99 Å². The first-order valence-electron chi connectivity index (χ1n) is 7.47. The molecule has 1 aromatic carbocycles. The zero-order chi connectivity index (χ0) is 18.2. The summed E-state index contributed by atoms with van der Waals surface area (Å²) in [5.41, 5.74) is -1.07. The van der Waals surface area contributed by atoms with Crippen molar-refractivity contribution in [2.75, 3.05) is 33.9 Å². The molecule has 0 spiro atoms. The van der Waals surface area contributed by atoms with Gasteiger partial charge in [-0.25, -0.2) is 0 Å². The lowest BCUT2D eigenvalue weighted by Gasteiger charge is -2.24. The van der Waals surface area contributed by atoms with Gasteiger partial charge in [-0.15, -0.1) is 0 Å². The van der Waals surface area contributed by atoms with Gasteiger partial charge in [-0.1, -0.05) is 6.07 Å². The van der Waals surface area contributed by atoms with Gasteiger partial charge in [-0.2, -0.15) is 13.2 Å². The number of hydrogen-bond acceptors (Lipinski definition) is 3. The van der Waals surface area contributed by atoms with E-state index < -0.39 is 11.7 Å². The van der Waals surface area contributed by atoms with Gasteiger partial charge in [-0.3, -0.25) is 4.99 Å². The minimum absolute atomic E-state index is 0.176. The van der Waals surface area contributed by atoms with Crippen LogP contribution in [0.15, 0.2) is 29.3 Å². The molecule has 2 N–H and O–H groups in total. The van der Waals surface area contributed by atoms with E-state index in [9.17, 15) is 13.2 Å². The van der Waals surface area contributed by atoms with Crippen molar-refractivity contribution in [3.8, 4) is 5.75 Å². The number of benzene rings is 1. The number of halogens is 3. The van der Waals surface area contributed by atoms with Gasteiger partial charge in [0, 0.05) is 20.7 Å². The lowest BCUT2D eigenvalue weighted by atomic mass is 10.1. The molecular weight excluding hydrogens is 323 g/mol. The van der Waals surface area contributed by atoms with Crippen LogP contribution in [0.3, 0.4) is 0 Å². The minimum Gasteiger partial charge on any atom is -0.492 e. The fourth-order valence-electron chi connectivity index (χ4n) is 1.69. The Morgan fingerprint density at radius 1 is 1.21 bits per heavy atom. The van der Waals surface area contributed by atoms with Gasteiger partial charge in [0.15, 0.2) is 5.96 Å². The van der Waals surface area contributed by atoms with E-state index in [0.29, 0.717) is 19.0 Å². The van der Waals surface area contributed by atoms with Crippen molar-refractivity contribution in [2.45, 2.75) is 25.6 Å². The van der Waals surface area contributed by atoms with E-state index in [1.54, 1.807) is 14.2 Å². The van der Waals surface area contributed by atoms with Crippen LogP contribution in [-0.4, -0.2) is 45.4 Å². The first kappa shape index (κ1) is 20.1. The van der Waals surface area contributed by atoms with E-state index in [0.717, 1.165) is 12.1 Å². The molecule has 0 bridgehead atoms. The summed E-state index contributed by atoms with van der Waals surface area (Å²) in [7, 11) is 3.25. The van der Waals surface area contributed by atoms with Gasteiger partial charge in [0.25, 0.3) is 0 Å². The Bertz CT molecular complexity index is 546. The zero-order valence-electron chi connectivity index (χ0n) is 14.3. The highest BCUT2D eigenvalue weighted by Crippen LogP contribution is 2.31. The molecule has 1 aromatic rings. The highest BCUT2D eigenvalue weighted by atomic mass is 19.4. The predicted octanol–water partition coefficient (Wildman–Crippen LogP) is 2.67. The van der Waals surface area contributed by atoms with Crippen molar-refractivity contribution < 1.29 is 22.6 Å². The van der Waals surface area contributed by atoms with Crippen LogP contribution in [-0.2, 0) is 10.9 Å². The molecule has 0 unspecified atom stereocenters. The molecule has 0 saturated heterocycles. The van der Waals surface area contributed by atoms with Gasteiger partial charge in [0.2, 0.25) is 0 Å². The molecular formula is C16H24F3N3O2. The number of ether oxygens (including phenoxy) is 2. The smallest absolute Gasteiger partial charge is 0.416 e. The van der Waals surface area contributed by atoms with E-state index in [1.807, 2.05) is 13.8 Å². The Labute approximate surface area is 140 Å². The normalized spacial score (nSPS) is 12.9. The molecule has 1 rings (SSSR count). The minimum atomic E-state index is -4.38. The Morgan fingerprint density at radius 2 is 1.92 bits per heavy atom. The molecule has 0 atom stereocenters. The maximum Gasteiger partial charge on any atom is 0.416 e. The Balaban J connectivity index is 2.40. The van der Waals surface area contributed by atoms with Crippen LogP contribution in [0.25, 0.3) is 0 Å². The molecule has 0 aromatic heterocycles. The topological polar surface area (TPSA) is 54.9 Å². The number of hydrogen-bond donors (Lipinski definition) is 2. The molecule has 0 aliphatic heterocycles. The van der Waals surface area contributed by atoms with Gasteiger partial charge in [-0.05, 0) is 32.0 Å². The average Bonchev–Trinajstić information content (AvgIpc) is 2.53. The van der Waals surface area contributed by atoms with Gasteiger partial charge < -0.3 is 20.1 Å². The number of alkyl halides is 3. The number of nitrogens with one attached hydrogen (secondary N) is 2. The number of aliphatic imine (C=N–C) groups is 1. The van der Waals surface area contributed by atoms with E-state index in [2.05, 4.69) is 15.6 Å². The van der Waals surface area contributed by atoms with E-state index in [1.165, 1.54) is 12.1 Å². The highest BCUT2D eigenvalue weighted by Gasteiger charge is 2.30. The van der Waals surface area contributed by atoms with Gasteiger partial charge in [0.05, 0.1) is 17.7 Å². The number of guanidine groups is 1. The molecule has 24 heavy (non-hydrogen) atoms. The second kappa shape index (κ2) is 8.77. The largest absolute Gasteiger partial charge is 0.492 e. The quantitative estimate of drug-likeness (QED) is 0.452. The molecule has 8 heteroatoms. The van der Waals surface area contributed by atoms with E-state index in [4.69, 9.17) is 9.47 Å². The summed E-state index contributed by atoms with van der Waals surface area (Å²) in [5.74, 6) is 0.739. The molecule has 136 valence electrons. The number of rotatable bonds is 7. The fourth-order valence-corrected chi connectivity index (χ4v) is 1.69. The second-order valence-corrected chi connectivity index (χ2v) is 5.69. The summed E-state index contributed by atoms with van der Waals surface area (Å²) in [6, 6.07) is 4.80. The standard InChI is InChI=1S/C16H24F3N3O2/c1-15(2,23-4)11-22-14(20-3)21-8-9-24-13-7-5-6-12(10-13)16(17,18)19/h5-7,10H,8-9,11H2,1-4H3,(H2,20,21,22). The SMILES string of the molecule is CN=C(NCCOc1cccc(C(F)(F)F)c1)NCC(C)(C)OC.